The third kappa shape index (κ3) is 4.06. The summed E-state index contributed by atoms with van der Waals surface area (Å²) in [5.41, 5.74) is 2.00. The number of halogens is 1. The zero-order valence-corrected chi connectivity index (χ0v) is 11.9. The zero-order valence-electron chi connectivity index (χ0n) is 11.9. The summed E-state index contributed by atoms with van der Waals surface area (Å²) in [7, 11) is 1.70. The van der Waals surface area contributed by atoms with Gasteiger partial charge < -0.3 is 14.6 Å². The monoisotopic (exact) mass is 277 g/mol. The van der Waals surface area contributed by atoms with E-state index < -0.39 is 0 Å². The highest BCUT2D eigenvalue weighted by Gasteiger charge is 2.05. The quantitative estimate of drug-likeness (QED) is 0.791. The lowest BCUT2D eigenvalue weighted by Crippen LogP contribution is -2.08. The van der Waals surface area contributed by atoms with Crippen molar-refractivity contribution in [2.75, 3.05) is 19.0 Å². The van der Waals surface area contributed by atoms with E-state index in [1.807, 2.05) is 13.1 Å². The average molecular weight is 277 g/mol. The van der Waals surface area contributed by atoms with E-state index in [-0.39, 0.29) is 5.82 Å². The molecule has 108 valence electrons. The van der Waals surface area contributed by atoms with Gasteiger partial charge in [-0.1, -0.05) is 12.1 Å². The molecule has 4 nitrogen and oxygen atoms in total. The number of aromatic nitrogens is 2. The fourth-order valence-corrected chi connectivity index (χ4v) is 2.02. The summed E-state index contributed by atoms with van der Waals surface area (Å²) >= 11 is 0. The van der Waals surface area contributed by atoms with Gasteiger partial charge in [0.1, 0.15) is 5.82 Å². The van der Waals surface area contributed by atoms with Crippen LogP contribution in [0.25, 0.3) is 0 Å². The Morgan fingerprint density at radius 2 is 2.05 bits per heavy atom. The first-order valence-corrected chi connectivity index (χ1v) is 6.70. The number of hydrogen-bond acceptors (Lipinski definition) is 3. The van der Waals surface area contributed by atoms with Gasteiger partial charge >= 0.3 is 0 Å². The van der Waals surface area contributed by atoms with Crippen molar-refractivity contribution in [2.24, 2.45) is 0 Å². The second-order valence-electron chi connectivity index (χ2n) is 4.73. The molecule has 5 heteroatoms. The van der Waals surface area contributed by atoms with E-state index in [0.29, 0.717) is 6.54 Å². The van der Waals surface area contributed by atoms with Gasteiger partial charge in [-0.05, 0) is 31.0 Å². The van der Waals surface area contributed by atoms with Gasteiger partial charge in [-0.15, -0.1) is 0 Å². The standard InChI is InChI=1S/C15H20FN3O/c1-12-11-19(8-3-9-20-2)15(18-12)17-10-13-4-6-14(16)7-5-13/h4-7,11H,3,8-10H2,1-2H3,(H,17,18). The highest BCUT2D eigenvalue weighted by molar-refractivity contribution is 5.31. The third-order valence-corrected chi connectivity index (χ3v) is 3.01. The minimum atomic E-state index is -0.217. The van der Waals surface area contributed by atoms with Crippen molar-refractivity contribution in [1.82, 2.24) is 9.55 Å². The number of imidazole rings is 1. The van der Waals surface area contributed by atoms with Crippen molar-refractivity contribution in [1.29, 1.82) is 0 Å². The Labute approximate surface area is 118 Å². The molecule has 0 aliphatic heterocycles. The van der Waals surface area contributed by atoms with Gasteiger partial charge in [0.25, 0.3) is 0 Å². The molecule has 0 saturated heterocycles. The van der Waals surface area contributed by atoms with E-state index in [1.54, 1.807) is 19.2 Å². The lowest BCUT2D eigenvalue weighted by atomic mass is 10.2. The number of hydrogen-bond donors (Lipinski definition) is 1. The maximum atomic E-state index is 12.8. The van der Waals surface area contributed by atoms with Gasteiger partial charge in [-0.25, -0.2) is 9.37 Å². The Bertz CT molecular complexity index is 537. The number of aryl methyl sites for hydroxylation is 2. The first kappa shape index (κ1) is 14.5. The van der Waals surface area contributed by atoms with Crippen LogP contribution in [0.3, 0.4) is 0 Å². The Kier molecular flexibility index (Phi) is 5.12. The fraction of sp³-hybridized carbons (Fsp3) is 0.400. The largest absolute Gasteiger partial charge is 0.385 e. The molecule has 0 aliphatic rings. The number of anilines is 1. The van der Waals surface area contributed by atoms with Gasteiger partial charge in [0, 0.05) is 33.0 Å². The van der Waals surface area contributed by atoms with Crippen LogP contribution in [0.5, 0.6) is 0 Å². The highest BCUT2D eigenvalue weighted by atomic mass is 19.1. The van der Waals surface area contributed by atoms with Crippen molar-refractivity contribution in [2.45, 2.75) is 26.4 Å². The first-order chi connectivity index (χ1) is 9.69. The van der Waals surface area contributed by atoms with Crippen molar-refractivity contribution < 1.29 is 9.13 Å². The summed E-state index contributed by atoms with van der Waals surface area (Å²) in [5.74, 6) is 0.619. The summed E-state index contributed by atoms with van der Waals surface area (Å²) < 4.78 is 20.0. The predicted molar refractivity (Wildman–Crippen MR) is 77.2 cm³/mol. The van der Waals surface area contributed by atoms with Crippen molar-refractivity contribution in [3.05, 3.63) is 47.5 Å². The van der Waals surface area contributed by atoms with Crippen LogP contribution in [0.1, 0.15) is 17.7 Å². The molecule has 0 spiro atoms. The second-order valence-corrected chi connectivity index (χ2v) is 4.73. The van der Waals surface area contributed by atoms with Gasteiger partial charge in [-0.2, -0.15) is 0 Å². The molecule has 0 atom stereocenters. The fourth-order valence-electron chi connectivity index (χ4n) is 2.02. The van der Waals surface area contributed by atoms with Crippen LogP contribution in [0.15, 0.2) is 30.5 Å². The number of benzene rings is 1. The molecule has 20 heavy (non-hydrogen) atoms. The van der Waals surface area contributed by atoms with Crippen LogP contribution < -0.4 is 5.32 Å². The molecule has 0 amide bonds. The second kappa shape index (κ2) is 7.05. The summed E-state index contributed by atoms with van der Waals surface area (Å²) in [6.07, 6.45) is 2.96. The molecule has 0 fully saturated rings. The van der Waals surface area contributed by atoms with E-state index in [2.05, 4.69) is 14.9 Å². The van der Waals surface area contributed by atoms with Crippen LogP contribution in [-0.4, -0.2) is 23.3 Å². The van der Waals surface area contributed by atoms with Gasteiger partial charge in [0.05, 0.1) is 5.69 Å². The topological polar surface area (TPSA) is 39.1 Å². The Morgan fingerprint density at radius 1 is 1.30 bits per heavy atom. The molecule has 0 bridgehead atoms. The molecule has 0 unspecified atom stereocenters. The molecular weight excluding hydrogens is 257 g/mol. The van der Waals surface area contributed by atoms with E-state index in [9.17, 15) is 4.39 Å². The number of nitrogens with one attached hydrogen (secondary N) is 1. The lowest BCUT2D eigenvalue weighted by Gasteiger charge is -2.09. The molecule has 1 aromatic carbocycles. The van der Waals surface area contributed by atoms with E-state index in [0.717, 1.165) is 36.8 Å². The summed E-state index contributed by atoms with van der Waals surface area (Å²) in [6.45, 7) is 4.19. The van der Waals surface area contributed by atoms with Gasteiger partial charge in [0.2, 0.25) is 5.95 Å². The molecule has 1 aromatic heterocycles. The molecule has 2 rings (SSSR count). The van der Waals surface area contributed by atoms with Crippen molar-refractivity contribution in [3.8, 4) is 0 Å². The SMILES string of the molecule is COCCCn1cc(C)nc1NCc1ccc(F)cc1. The van der Waals surface area contributed by atoms with Crippen LogP contribution in [0.4, 0.5) is 10.3 Å². The van der Waals surface area contributed by atoms with Crippen LogP contribution >= 0.6 is 0 Å². The van der Waals surface area contributed by atoms with Gasteiger partial charge in [0.15, 0.2) is 0 Å². The van der Waals surface area contributed by atoms with Crippen LogP contribution in [0.2, 0.25) is 0 Å². The minimum absolute atomic E-state index is 0.217. The Balaban J connectivity index is 1.96. The lowest BCUT2D eigenvalue weighted by molar-refractivity contribution is 0.190. The van der Waals surface area contributed by atoms with Gasteiger partial charge in [-0.3, -0.25) is 0 Å². The molecule has 0 saturated carbocycles. The smallest absolute Gasteiger partial charge is 0.203 e. The van der Waals surface area contributed by atoms with Crippen LogP contribution in [0, 0.1) is 12.7 Å². The maximum Gasteiger partial charge on any atom is 0.203 e. The molecule has 0 aliphatic carbocycles. The highest BCUT2D eigenvalue weighted by Crippen LogP contribution is 2.11. The molecule has 1 N–H and O–H groups in total. The van der Waals surface area contributed by atoms with E-state index >= 15 is 0 Å². The van der Waals surface area contributed by atoms with E-state index in [4.69, 9.17) is 4.74 Å². The number of methoxy groups -OCH3 is 1. The minimum Gasteiger partial charge on any atom is -0.385 e. The molecular formula is C15H20FN3O. The molecule has 1 heterocycles. The zero-order chi connectivity index (χ0) is 14.4. The van der Waals surface area contributed by atoms with E-state index in [1.165, 1.54) is 12.1 Å². The summed E-state index contributed by atoms with van der Waals surface area (Å²) in [6, 6.07) is 6.47. The van der Waals surface area contributed by atoms with Crippen LogP contribution in [-0.2, 0) is 17.8 Å². The predicted octanol–water partition coefficient (Wildman–Crippen LogP) is 2.98. The summed E-state index contributed by atoms with van der Waals surface area (Å²) in [5, 5.41) is 3.29. The first-order valence-electron chi connectivity index (χ1n) is 6.70. The third-order valence-electron chi connectivity index (χ3n) is 3.01. The van der Waals surface area contributed by atoms with Crippen molar-refractivity contribution >= 4 is 5.95 Å². The normalized spacial score (nSPS) is 10.8. The number of nitrogens with zero attached hydrogens (tertiary/aromatic N) is 2. The molecule has 0 radical (unpaired) electrons. The Hall–Kier alpha value is -1.88. The Morgan fingerprint density at radius 3 is 2.75 bits per heavy atom. The maximum absolute atomic E-state index is 12.8. The summed E-state index contributed by atoms with van der Waals surface area (Å²) in [4.78, 5) is 4.46. The van der Waals surface area contributed by atoms with Crippen molar-refractivity contribution in [3.63, 3.8) is 0 Å². The molecule has 2 aromatic rings. The number of rotatable bonds is 7. The number of ether oxygens (including phenoxy) is 1. The average Bonchev–Trinajstić information content (AvgIpc) is 2.79.